The van der Waals surface area contributed by atoms with E-state index >= 15 is 0 Å². The van der Waals surface area contributed by atoms with Crippen molar-refractivity contribution in [3.63, 3.8) is 0 Å². The number of carbonyl (C=O) groups is 2. The number of hydrogen-bond donors (Lipinski definition) is 2. The van der Waals surface area contributed by atoms with Crippen LogP contribution in [0.2, 0.25) is 0 Å². The summed E-state index contributed by atoms with van der Waals surface area (Å²) in [6.07, 6.45) is 2.91. The first kappa shape index (κ1) is 23.9. The third-order valence-corrected chi connectivity index (χ3v) is 10.0. The molecular formula is C22H34N6O5S. The van der Waals surface area contributed by atoms with E-state index in [0.29, 0.717) is 58.5 Å². The molecule has 3 amide bonds. The van der Waals surface area contributed by atoms with Crippen molar-refractivity contribution in [3.8, 4) is 6.07 Å². The summed E-state index contributed by atoms with van der Waals surface area (Å²) in [7, 11) is -1.82. The SMILES string of the molecule is CN1CC(CN2C(=O)C3CC(S(=O)(=O)NC4(C#N)CC4)CCC3N(CC3CCOC3)C2=O)CN1. The molecule has 188 valence electrons. The third-order valence-electron chi connectivity index (χ3n) is 8.07. The van der Waals surface area contributed by atoms with Gasteiger partial charge in [-0.1, -0.05) is 0 Å². The lowest BCUT2D eigenvalue weighted by atomic mass is 9.80. The summed E-state index contributed by atoms with van der Waals surface area (Å²) in [5.74, 6) is -0.460. The van der Waals surface area contributed by atoms with Gasteiger partial charge >= 0.3 is 6.03 Å². The standard InChI is InChI=1S/C22H34N6O5S/c1-26-10-16(9-24-26)12-28-20(29)18-8-17(34(31,32)25-22(14-23)5-6-22)2-3-19(18)27(21(28)30)11-15-4-7-33-13-15/h15-19,24-25H,2-13H2,1H3. The number of carbonyl (C=O) groups excluding carboxylic acids is 2. The normalized spacial score (nSPS) is 35.9. The topological polar surface area (TPSA) is 135 Å². The van der Waals surface area contributed by atoms with Crippen LogP contribution in [0.5, 0.6) is 0 Å². The van der Waals surface area contributed by atoms with E-state index in [0.717, 1.165) is 13.0 Å². The second-order valence-electron chi connectivity index (χ2n) is 10.7. The van der Waals surface area contributed by atoms with E-state index in [9.17, 15) is 23.3 Å². The summed E-state index contributed by atoms with van der Waals surface area (Å²) >= 11 is 0. The van der Waals surface area contributed by atoms with Crippen LogP contribution in [0.4, 0.5) is 4.79 Å². The molecule has 0 radical (unpaired) electrons. The minimum Gasteiger partial charge on any atom is -0.381 e. The maximum atomic E-state index is 13.6. The van der Waals surface area contributed by atoms with Gasteiger partial charge in [0.25, 0.3) is 0 Å². The monoisotopic (exact) mass is 494 g/mol. The molecule has 0 aromatic carbocycles. The fourth-order valence-corrected chi connectivity index (χ4v) is 7.78. The van der Waals surface area contributed by atoms with Gasteiger partial charge in [0.05, 0.1) is 23.8 Å². The van der Waals surface area contributed by atoms with Gasteiger partial charge in [0.1, 0.15) is 5.54 Å². The third kappa shape index (κ3) is 4.56. The average Bonchev–Trinajstić information content (AvgIpc) is 3.17. The number of nitrogens with one attached hydrogen (secondary N) is 2. The number of rotatable bonds is 7. The molecule has 11 nitrogen and oxygen atoms in total. The molecule has 5 aliphatic rings. The number of sulfonamides is 1. The Morgan fingerprint density at radius 2 is 2.00 bits per heavy atom. The van der Waals surface area contributed by atoms with E-state index in [1.807, 2.05) is 17.0 Å². The van der Waals surface area contributed by atoms with Crippen LogP contribution in [-0.4, -0.2) is 98.4 Å². The molecule has 2 saturated carbocycles. The van der Waals surface area contributed by atoms with Crippen molar-refractivity contribution in [2.45, 2.75) is 55.4 Å². The molecule has 0 aromatic heterocycles. The maximum Gasteiger partial charge on any atom is 0.326 e. The molecule has 2 aliphatic carbocycles. The van der Waals surface area contributed by atoms with Gasteiger partial charge in [0.2, 0.25) is 15.9 Å². The number of fused-ring (bicyclic) bond motifs is 1. The number of nitriles is 1. The van der Waals surface area contributed by atoms with Gasteiger partial charge < -0.3 is 9.64 Å². The molecule has 2 N–H and O–H groups in total. The molecule has 5 fully saturated rings. The van der Waals surface area contributed by atoms with Crippen molar-refractivity contribution >= 4 is 22.0 Å². The highest BCUT2D eigenvalue weighted by atomic mass is 32.2. The molecule has 0 bridgehead atoms. The summed E-state index contributed by atoms with van der Waals surface area (Å²) in [6.45, 7) is 3.55. The summed E-state index contributed by atoms with van der Waals surface area (Å²) in [5.41, 5.74) is 2.23. The quantitative estimate of drug-likeness (QED) is 0.500. The number of hydrogen-bond acceptors (Lipinski definition) is 8. The van der Waals surface area contributed by atoms with Crippen molar-refractivity contribution in [2.75, 3.05) is 46.4 Å². The van der Waals surface area contributed by atoms with Crippen LogP contribution in [0.1, 0.15) is 38.5 Å². The number of ether oxygens (including phenoxy) is 1. The van der Waals surface area contributed by atoms with Gasteiger partial charge in [-0.2, -0.15) is 9.98 Å². The minimum absolute atomic E-state index is 0.126. The van der Waals surface area contributed by atoms with Crippen LogP contribution >= 0.6 is 0 Å². The van der Waals surface area contributed by atoms with Crippen molar-refractivity contribution in [3.05, 3.63) is 0 Å². The molecule has 0 aromatic rings. The Morgan fingerprint density at radius 3 is 2.62 bits per heavy atom. The number of amides is 3. The first-order valence-corrected chi connectivity index (χ1v) is 13.8. The molecule has 3 saturated heterocycles. The summed E-state index contributed by atoms with van der Waals surface area (Å²) in [5, 5.41) is 10.6. The molecule has 0 spiro atoms. The van der Waals surface area contributed by atoms with Gasteiger partial charge in [-0.3, -0.25) is 15.1 Å². The highest BCUT2D eigenvalue weighted by Gasteiger charge is 2.53. The Kier molecular flexibility index (Phi) is 6.35. The second-order valence-corrected chi connectivity index (χ2v) is 12.6. The Morgan fingerprint density at radius 1 is 1.21 bits per heavy atom. The van der Waals surface area contributed by atoms with Gasteiger partial charge in [-0.05, 0) is 38.5 Å². The predicted molar refractivity (Wildman–Crippen MR) is 121 cm³/mol. The second kappa shape index (κ2) is 9.02. The Labute approximate surface area is 200 Å². The van der Waals surface area contributed by atoms with E-state index in [1.54, 1.807) is 0 Å². The van der Waals surface area contributed by atoms with Crippen LogP contribution in [0, 0.1) is 29.1 Å². The molecule has 5 rings (SSSR count). The van der Waals surface area contributed by atoms with Gasteiger partial charge in [-0.15, -0.1) is 0 Å². The fourth-order valence-electron chi connectivity index (χ4n) is 5.91. The van der Waals surface area contributed by atoms with E-state index < -0.39 is 26.7 Å². The van der Waals surface area contributed by atoms with Crippen LogP contribution in [0.15, 0.2) is 0 Å². The van der Waals surface area contributed by atoms with Gasteiger partial charge in [0.15, 0.2) is 0 Å². The summed E-state index contributed by atoms with van der Waals surface area (Å²) in [6, 6.07) is 1.53. The number of imide groups is 1. The molecular weight excluding hydrogens is 460 g/mol. The maximum absolute atomic E-state index is 13.6. The van der Waals surface area contributed by atoms with Crippen LogP contribution in [0.3, 0.4) is 0 Å². The Hall–Kier alpha value is -1.78. The van der Waals surface area contributed by atoms with Crippen LogP contribution in [-0.2, 0) is 19.6 Å². The molecule has 3 aliphatic heterocycles. The number of urea groups is 1. The van der Waals surface area contributed by atoms with Gasteiger partial charge in [0, 0.05) is 57.7 Å². The zero-order valence-corrected chi connectivity index (χ0v) is 20.4. The highest BCUT2D eigenvalue weighted by Crippen LogP contribution is 2.40. The first-order valence-electron chi connectivity index (χ1n) is 12.3. The smallest absolute Gasteiger partial charge is 0.326 e. The lowest BCUT2D eigenvalue weighted by Crippen LogP contribution is -2.65. The number of hydrazine groups is 1. The number of nitrogens with zero attached hydrogens (tertiary/aromatic N) is 4. The minimum atomic E-state index is -3.75. The van der Waals surface area contributed by atoms with E-state index in [-0.39, 0.29) is 36.2 Å². The molecule has 5 unspecified atom stereocenters. The van der Waals surface area contributed by atoms with E-state index in [4.69, 9.17) is 4.74 Å². The summed E-state index contributed by atoms with van der Waals surface area (Å²) in [4.78, 5) is 30.3. The largest absolute Gasteiger partial charge is 0.381 e. The van der Waals surface area contributed by atoms with Crippen molar-refractivity contribution in [1.29, 1.82) is 5.26 Å². The lowest BCUT2D eigenvalue weighted by Gasteiger charge is -2.49. The van der Waals surface area contributed by atoms with Crippen molar-refractivity contribution < 1.29 is 22.7 Å². The Balaban J connectivity index is 1.36. The predicted octanol–water partition coefficient (Wildman–Crippen LogP) is -0.134. The molecule has 5 atom stereocenters. The van der Waals surface area contributed by atoms with E-state index in [1.165, 1.54) is 4.90 Å². The Bertz CT molecular complexity index is 973. The average molecular weight is 495 g/mol. The summed E-state index contributed by atoms with van der Waals surface area (Å²) < 4.78 is 34.3. The molecule has 3 heterocycles. The van der Waals surface area contributed by atoms with E-state index in [2.05, 4.69) is 16.2 Å². The van der Waals surface area contributed by atoms with Crippen molar-refractivity contribution in [2.24, 2.45) is 17.8 Å². The van der Waals surface area contributed by atoms with Crippen LogP contribution < -0.4 is 10.1 Å². The van der Waals surface area contributed by atoms with Crippen LogP contribution in [0.25, 0.3) is 0 Å². The lowest BCUT2D eigenvalue weighted by molar-refractivity contribution is -0.141. The van der Waals surface area contributed by atoms with Crippen molar-refractivity contribution in [1.82, 2.24) is 25.0 Å². The molecule has 34 heavy (non-hydrogen) atoms. The first-order chi connectivity index (χ1) is 16.2. The zero-order chi connectivity index (χ0) is 24.1. The van der Waals surface area contributed by atoms with Gasteiger partial charge in [-0.25, -0.2) is 18.2 Å². The zero-order valence-electron chi connectivity index (χ0n) is 19.6. The highest BCUT2D eigenvalue weighted by molar-refractivity contribution is 7.90. The fraction of sp³-hybridized carbons (Fsp3) is 0.864. The molecule has 12 heteroatoms.